The van der Waals surface area contributed by atoms with Crippen LogP contribution in [0.25, 0.3) is 0 Å². The average Bonchev–Trinajstić information content (AvgIpc) is 2.74. The lowest BCUT2D eigenvalue weighted by atomic mass is 10.0. The number of aromatic nitrogens is 2. The Morgan fingerprint density at radius 2 is 2.24 bits per heavy atom. The maximum absolute atomic E-state index is 14.2. The van der Waals surface area contributed by atoms with E-state index in [0.29, 0.717) is 12.0 Å². The predicted molar refractivity (Wildman–Crippen MR) is 85.5 cm³/mol. The Hall–Kier alpha value is -0.950. The zero-order valence-electron chi connectivity index (χ0n) is 11.8. The van der Waals surface area contributed by atoms with Gasteiger partial charge in [0, 0.05) is 19.0 Å². The number of nitrogens with two attached hydrogens (primary N) is 1. The molecule has 4 nitrogen and oxygen atoms in total. The summed E-state index contributed by atoms with van der Waals surface area (Å²) in [7, 11) is 1.86. The van der Waals surface area contributed by atoms with Gasteiger partial charge in [-0.15, -0.1) is 0 Å². The van der Waals surface area contributed by atoms with Crippen LogP contribution in [0.3, 0.4) is 0 Å². The second kappa shape index (κ2) is 6.87. The van der Waals surface area contributed by atoms with Gasteiger partial charge in [-0.2, -0.15) is 5.10 Å². The number of nitrogens with one attached hydrogen (secondary N) is 1. The molecule has 7 heteroatoms. The molecular weight excluding hydrogens is 359 g/mol. The van der Waals surface area contributed by atoms with Crippen LogP contribution >= 0.6 is 27.5 Å². The summed E-state index contributed by atoms with van der Waals surface area (Å²) in [5, 5.41) is 4.52. The molecule has 0 aliphatic heterocycles. The van der Waals surface area contributed by atoms with Crippen molar-refractivity contribution < 1.29 is 4.39 Å². The van der Waals surface area contributed by atoms with E-state index >= 15 is 0 Å². The molecule has 0 saturated heterocycles. The fourth-order valence-corrected chi connectivity index (χ4v) is 3.24. The van der Waals surface area contributed by atoms with E-state index in [1.54, 1.807) is 16.8 Å². The van der Waals surface area contributed by atoms with Crippen molar-refractivity contribution in [3.05, 3.63) is 50.5 Å². The van der Waals surface area contributed by atoms with Gasteiger partial charge in [-0.3, -0.25) is 16.0 Å². The average molecular weight is 376 g/mol. The van der Waals surface area contributed by atoms with Crippen molar-refractivity contribution in [2.45, 2.75) is 25.8 Å². The van der Waals surface area contributed by atoms with Crippen molar-refractivity contribution in [1.29, 1.82) is 0 Å². The van der Waals surface area contributed by atoms with E-state index in [-0.39, 0.29) is 11.1 Å². The van der Waals surface area contributed by atoms with Gasteiger partial charge in [0.2, 0.25) is 0 Å². The minimum Gasteiger partial charge on any atom is -0.271 e. The molecule has 3 N–H and O–H groups in total. The van der Waals surface area contributed by atoms with Crippen LogP contribution in [0.15, 0.2) is 22.7 Å². The van der Waals surface area contributed by atoms with Crippen LogP contribution in [0.4, 0.5) is 4.39 Å². The highest BCUT2D eigenvalue weighted by molar-refractivity contribution is 9.10. The van der Waals surface area contributed by atoms with Crippen molar-refractivity contribution in [3.8, 4) is 0 Å². The van der Waals surface area contributed by atoms with Crippen molar-refractivity contribution >= 4 is 27.5 Å². The molecule has 0 aliphatic rings. The zero-order valence-corrected chi connectivity index (χ0v) is 14.2. The summed E-state index contributed by atoms with van der Waals surface area (Å²) in [6.45, 7) is 2.03. The Labute approximate surface area is 136 Å². The predicted octanol–water partition coefficient (Wildman–Crippen LogP) is 3.28. The van der Waals surface area contributed by atoms with Gasteiger partial charge in [-0.05, 0) is 28.4 Å². The van der Waals surface area contributed by atoms with Crippen LogP contribution in [0, 0.1) is 5.82 Å². The van der Waals surface area contributed by atoms with Gasteiger partial charge in [0.05, 0.1) is 26.9 Å². The van der Waals surface area contributed by atoms with E-state index < -0.39 is 5.82 Å². The minimum atomic E-state index is -0.448. The number of aryl methyl sites for hydroxylation is 2. The molecule has 1 atom stereocenters. The second-order valence-corrected chi connectivity index (χ2v) is 5.95. The van der Waals surface area contributed by atoms with Gasteiger partial charge in [-0.1, -0.05) is 30.7 Å². The molecule has 0 fully saturated rings. The Morgan fingerprint density at radius 3 is 2.81 bits per heavy atom. The first-order chi connectivity index (χ1) is 9.99. The number of hydrogen-bond donors (Lipinski definition) is 2. The Balaban J connectivity index is 2.36. The van der Waals surface area contributed by atoms with E-state index in [1.165, 1.54) is 6.07 Å². The number of nitrogens with zero attached hydrogens (tertiary/aromatic N) is 2. The third kappa shape index (κ3) is 3.29. The van der Waals surface area contributed by atoms with Gasteiger partial charge in [-0.25, -0.2) is 4.39 Å². The molecule has 1 heterocycles. The molecule has 0 bridgehead atoms. The molecule has 1 unspecified atom stereocenters. The highest BCUT2D eigenvalue weighted by atomic mass is 79.9. The molecule has 21 heavy (non-hydrogen) atoms. The number of rotatable bonds is 5. The van der Waals surface area contributed by atoms with Crippen molar-refractivity contribution in [2.75, 3.05) is 0 Å². The molecule has 1 aromatic carbocycles. The summed E-state index contributed by atoms with van der Waals surface area (Å²) < 4.78 is 16.9. The maximum atomic E-state index is 14.2. The summed E-state index contributed by atoms with van der Waals surface area (Å²) in [4.78, 5) is 0. The van der Waals surface area contributed by atoms with E-state index in [9.17, 15) is 4.39 Å². The molecule has 0 aliphatic carbocycles. The van der Waals surface area contributed by atoms with Crippen molar-refractivity contribution in [1.82, 2.24) is 15.2 Å². The van der Waals surface area contributed by atoms with Crippen molar-refractivity contribution in [2.24, 2.45) is 12.9 Å². The quantitative estimate of drug-likeness (QED) is 0.623. The van der Waals surface area contributed by atoms with Crippen LogP contribution in [-0.2, 0) is 19.9 Å². The lowest BCUT2D eigenvalue weighted by Gasteiger charge is -2.18. The van der Waals surface area contributed by atoms with Crippen LogP contribution in [0.2, 0.25) is 5.02 Å². The van der Waals surface area contributed by atoms with Gasteiger partial charge in [0.25, 0.3) is 0 Å². The van der Waals surface area contributed by atoms with E-state index in [2.05, 4.69) is 26.5 Å². The highest BCUT2D eigenvalue weighted by Crippen LogP contribution is 2.29. The van der Waals surface area contributed by atoms with Crippen LogP contribution in [0.1, 0.15) is 29.9 Å². The lowest BCUT2D eigenvalue weighted by molar-refractivity contribution is 0.497. The summed E-state index contributed by atoms with van der Waals surface area (Å²) in [6, 6.07) is 4.51. The topological polar surface area (TPSA) is 55.9 Å². The van der Waals surface area contributed by atoms with E-state index in [1.807, 2.05) is 14.0 Å². The number of benzene rings is 1. The van der Waals surface area contributed by atoms with E-state index in [4.69, 9.17) is 17.4 Å². The van der Waals surface area contributed by atoms with Gasteiger partial charge >= 0.3 is 0 Å². The fraction of sp³-hybridized carbons (Fsp3) is 0.357. The summed E-state index contributed by atoms with van der Waals surface area (Å²) >= 11 is 9.39. The monoisotopic (exact) mass is 374 g/mol. The molecule has 0 radical (unpaired) electrons. The summed E-state index contributed by atoms with van der Waals surface area (Å²) in [6.07, 6.45) is 1.32. The molecule has 2 aromatic rings. The van der Waals surface area contributed by atoms with Crippen LogP contribution < -0.4 is 11.3 Å². The van der Waals surface area contributed by atoms with Crippen molar-refractivity contribution in [3.63, 3.8) is 0 Å². The third-order valence-electron chi connectivity index (χ3n) is 3.46. The number of halogens is 3. The smallest absolute Gasteiger partial charge is 0.146 e. The Kier molecular flexibility index (Phi) is 5.37. The van der Waals surface area contributed by atoms with Crippen LogP contribution in [0.5, 0.6) is 0 Å². The zero-order chi connectivity index (χ0) is 15.6. The first kappa shape index (κ1) is 16.4. The Morgan fingerprint density at radius 1 is 1.52 bits per heavy atom. The molecule has 2 rings (SSSR count). The third-order valence-corrected chi connectivity index (χ3v) is 4.67. The fourth-order valence-electron chi connectivity index (χ4n) is 2.28. The summed E-state index contributed by atoms with van der Waals surface area (Å²) in [5.41, 5.74) is 5.02. The summed E-state index contributed by atoms with van der Waals surface area (Å²) in [5.74, 6) is 5.16. The largest absolute Gasteiger partial charge is 0.271 e. The van der Waals surface area contributed by atoms with Gasteiger partial charge in [0.15, 0.2) is 0 Å². The minimum absolute atomic E-state index is 0.0890. The molecular formula is C14H17BrClFN4. The second-order valence-electron chi connectivity index (χ2n) is 4.75. The molecule has 0 spiro atoms. The van der Waals surface area contributed by atoms with E-state index in [0.717, 1.165) is 22.3 Å². The molecule has 0 amide bonds. The number of hydrazine groups is 1. The van der Waals surface area contributed by atoms with Gasteiger partial charge in [0.1, 0.15) is 5.82 Å². The molecule has 1 aromatic heterocycles. The lowest BCUT2D eigenvalue weighted by Crippen LogP contribution is -2.31. The first-order valence-electron chi connectivity index (χ1n) is 6.59. The van der Waals surface area contributed by atoms with Gasteiger partial charge < -0.3 is 0 Å². The van der Waals surface area contributed by atoms with Crippen LogP contribution in [-0.4, -0.2) is 9.78 Å². The normalized spacial score (nSPS) is 12.7. The Bertz CT molecular complexity index is 644. The molecule has 114 valence electrons. The molecule has 0 saturated carbocycles. The first-order valence-corrected chi connectivity index (χ1v) is 7.76. The highest BCUT2D eigenvalue weighted by Gasteiger charge is 2.21. The maximum Gasteiger partial charge on any atom is 0.146 e. The number of hydrogen-bond acceptors (Lipinski definition) is 3. The standard InChI is InChI=1S/C14H17BrClFN4/c1-3-10-13(15)12(21(2)20-10)7-11(19-18)8-5-4-6-9(16)14(8)17/h4-6,11,19H,3,7,18H2,1-2H3. The SMILES string of the molecule is CCc1nn(C)c(CC(NN)c2cccc(Cl)c2F)c1Br.